The van der Waals surface area contributed by atoms with Crippen LogP contribution >= 0.6 is 0 Å². The van der Waals surface area contributed by atoms with Crippen LogP contribution in [-0.4, -0.2) is 52.1 Å². The van der Waals surface area contributed by atoms with Gasteiger partial charge in [-0.15, -0.1) is 0 Å². The summed E-state index contributed by atoms with van der Waals surface area (Å²) in [7, 11) is 3.64. The summed E-state index contributed by atoms with van der Waals surface area (Å²) >= 11 is 0. The molecule has 0 aromatic carbocycles. The quantitative estimate of drug-likeness (QED) is 0.865. The number of likely N-dealkylation sites (N-methyl/N-ethyl adjacent to an activating group) is 1. The van der Waals surface area contributed by atoms with Gasteiger partial charge in [0, 0.05) is 32.9 Å². The standard InChI is InChI=1S/C15H24N4O3/c1-10(2)22-9-12(20)17-11-5-6-13(21)19(4)14(11)15-16-7-8-18(15)3/h7-8,10-11,14H,5-6,9H2,1-4H3,(H,17,20)/t11-,14-/m1/s1. The number of rotatable bonds is 5. The van der Waals surface area contributed by atoms with E-state index in [2.05, 4.69) is 10.3 Å². The van der Waals surface area contributed by atoms with Crippen molar-refractivity contribution < 1.29 is 14.3 Å². The molecule has 7 heteroatoms. The van der Waals surface area contributed by atoms with Gasteiger partial charge in [-0.2, -0.15) is 0 Å². The van der Waals surface area contributed by atoms with E-state index in [0.29, 0.717) is 12.8 Å². The molecule has 122 valence electrons. The van der Waals surface area contributed by atoms with Crippen LogP contribution in [0.5, 0.6) is 0 Å². The normalized spacial score (nSPS) is 22.2. The second-order valence-electron chi connectivity index (χ2n) is 5.92. The third kappa shape index (κ3) is 3.65. The Kier molecular flexibility index (Phi) is 5.18. The molecule has 0 bridgehead atoms. The molecule has 2 rings (SSSR count). The first-order valence-corrected chi connectivity index (χ1v) is 7.54. The second-order valence-corrected chi connectivity index (χ2v) is 5.92. The van der Waals surface area contributed by atoms with Crippen LogP contribution in [0.3, 0.4) is 0 Å². The third-order valence-electron chi connectivity index (χ3n) is 3.88. The average Bonchev–Trinajstić information content (AvgIpc) is 2.87. The maximum atomic E-state index is 12.0. The zero-order valence-electron chi connectivity index (χ0n) is 13.6. The molecule has 2 atom stereocenters. The van der Waals surface area contributed by atoms with Gasteiger partial charge in [-0.25, -0.2) is 4.98 Å². The van der Waals surface area contributed by atoms with E-state index in [1.807, 2.05) is 31.7 Å². The molecule has 1 aromatic rings. The molecule has 0 saturated carbocycles. The number of nitrogens with zero attached hydrogens (tertiary/aromatic N) is 3. The molecular weight excluding hydrogens is 284 g/mol. The Morgan fingerprint density at radius 3 is 2.82 bits per heavy atom. The summed E-state index contributed by atoms with van der Waals surface area (Å²) in [5.74, 6) is 0.670. The van der Waals surface area contributed by atoms with Crippen LogP contribution in [0.2, 0.25) is 0 Å². The first kappa shape index (κ1) is 16.5. The molecule has 0 radical (unpaired) electrons. The van der Waals surface area contributed by atoms with Crippen LogP contribution < -0.4 is 5.32 Å². The molecule has 1 aliphatic rings. The number of aromatic nitrogens is 2. The zero-order valence-corrected chi connectivity index (χ0v) is 13.6. The summed E-state index contributed by atoms with van der Waals surface area (Å²) in [6, 6.07) is -0.420. The minimum absolute atomic E-state index is 0.00620. The minimum Gasteiger partial charge on any atom is -0.369 e. The van der Waals surface area contributed by atoms with E-state index in [1.54, 1.807) is 18.1 Å². The van der Waals surface area contributed by atoms with Gasteiger partial charge in [0.2, 0.25) is 11.8 Å². The second kappa shape index (κ2) is 6.91. The number of likely N-dealkylation sites (tertiary alicyclic amines) is 1. The Bertz CT molecular complexity index is 541. The van der Waals surface area contributed by atoms with Crippen molar-refractivity contribution in [3.8, 4) is 0 Å². The van der Waals surface area contributed by atoms with Gasteiger partial charge in [-0.3, -0.25) is 9.59 Å². The number of hydrogen-bond donors (Lipinski definition) is 1. The van der Waals surface area contributed by atoms with Gasteiger partial charge in [-0.05, 0) is 20.3 Å². The molecule has 2 amide bonds. The fourth-order valence-electron chi connectivity index (χ4n) is 2.70. The highest BCUT2D eigenvalue weighted by molar-refractivity contribution is 5.80. The van der Waals surface area contributed by atoms with Crippen LogP contribution in [0.4, 0.5) is 0 Å². The number of carbonyl (C=O) groups is 2. The molecule has 0 spiro atoms. The maximum absolute atomic E-state index is 12.0. The van der Waals surface area contributed by atoms with Gasteiger partial charge in [0.05, 0.1) is 12.1 Å². The number of nitrogens with one attached hydrogen (secondary N) is 1. The number of aryl methyl sites for hydroxylation is 1. The SMILES string of the molecule is CC(C)OCC(=O)N[C@@H]1CCC(=O)N(C)[C@H]1c1nccn1C. The number of carbonyl (C=O) groups excluding carboxylic acids is 2. The third-order valence-corrected chi connectivity index (χ3v) is 3.88. The van der Waals surface area contributed by atoms with Crippen LogP contribution in [0.1, 0.15) is 38.6 Å². The summed E-state index contributed by atoms with van der Waals surface area (Å²) in [6.07, 6.45) is 4.57. The first-order valence-electron chi connectivity index (χ1n) is 7.54. The molecule has 7 nitrogen and oxygen atoms in total. The molecular formula is C15H24N4O3. The zero-order chi connectivity index (χ0) is 16.3. The lowest BCUT2D eigenvalue weighted by Crippen LogP contribution is -2.52. The van der Waals surface area contributed by atoms with Gasteiger partial charge in [0.15, 0.2) is 0 Å². The lowest BCUT2D eigenvalue weighted by molar-refractivity contribution is -0.138. The number of ether oxygens (including phenoxy) is 1. The molecule has 1 aromatic heterocycles. The molecule has 2 heterocycles. The number of piperidine rings is 1. The lowest BCUT2D eigenvalue weighted by Gasteiger charge is -2.38. The highest BCUT2D eigenvalue weighted by Gasteiger charge is 2.37. The van der Waals surface area contributed by atoms with E-state index in [9.17, 15) is 9.59 Å². The Morgan fingerprint density at radius 2 is 2.23 bits per heavy atom. The van der Waals surface area contributed by atoms with Crippen LogP contribution in [0.25, 0.3) is 0 Å². The molecule has 22 heavy (non-hydrogen) atoms. The summed E-state index contributed by atoms with van der Waals surface area (Å²) in [6.45, 7) is 3.80. The Morgan fingerprint density at radius 1 is 1.50 bits per heavy atom. The van der Waals surface area contributed by atoms with Crippen molar-refractivity contribution in [2.24, 2.45) is 7.05 Å². The van der Waals surface area contributed by atoms with Crippen LogP contribution in [0, 0.1) is 0 Å². The van der Waals surface area contributed by atoms with Crippen molar-refractivity contribution in [2.45, 2.75) is 44.9 Å². The molecule has 0 unspecified atom stereocenters. The highest BCUT2D eigenvalue weighted by Crippen LogP contribution is 2.29. The molecule has 1 saturated heterocycles. The van der Waals surface area contributed by atoms with E-state index in [1.165, 1.54) is 0 Å². The van der Waals surface area contributed by atoms with Crippen molar-refractivity contribution in [1.29, 1.82) is 0 Å². The van der Waals surface area contributed by atoms with Gasteiger partial charge in [-0.1, -0.05) is 0 Å². The number of imidazole rings is 1. The number of amides is 2. The summed E-state index contributed by atoms with van der Waals surface area (Å²) in [5.41, 5.74) is 0. The molecule has 1 aliphatic heterocycles. The highest BCUT2D eigenvalue weighted by atomic mass is 16.5. The largest absolute Gasteiger partial charge is 0.369 e. The maximum Gasteiger partial charge on any atom is 0.246 e. The van der Waals surface area contributed by atoms with Crippen LogP contribution in [-0.2, 0) is 21.4 Å². The topological polar surface area (TPSA) is 76.5 Å². The van der Waals surface area contributed by atoms with Crippen LogP contribution in [0.15, 0.2) is 12.4 Å². The fourth-order valence-corrected chi connectivity index (χ4v) is 2.70. The van der Waals surface area contributed by atoms with Crippen molar-refractivity contribution >= 4 is 11.8 Å². The monoisotopic (exact) mass is 308 g/mol. The molecule has 1 fully saturated rings. The Hall–Kier alpha value is -1.89. The summed E-state index contributed by atoms with van der Waals surface area (Å²) in [5, 5.41) is 2.98. The van der Waals surface area contributed by atoms with Crippen molar-refractivity contribution in [2.75, 3.05) is 13.7 Å². The van der Waals surface area contributed by atoms with E-state index in [0.717, 1.165) is 5.82 Å². The minimum atomic E-state index is -0.260. The van der Waals surface area contributed by atoms with E-state index < -0.39 is 0 Å². The smallest absolute Gasteiger partial charge is 0.246 e. The number of hydrogen-bond acceptors (Lipinski definition) is 4. The van der Waals surface area contributed by atoms with Crippen molar-refractivity contribution in [1.82, 2.24) is 19.8 Å². The van der Waals surface area contributed by atoms with Gasteiger partial charge in [0.1, 0.15) is 18.5 Å². The van der Waals surface area contributed by atoms with Gasteiger partial charge < -0.3 is 19.5 Å². The van der Waals surface area contributed by atoms with E-state index in [-0.39, 0.29) is 36.6 Å². The van der Waals surface area contributed by atoms with Crippen molar-refractivity contribution in [3.05, 3.63) is 18.2 Å². The fraction of sp³-hybridized carbons (Fsp3) is 0.667. The predicted octanol–water partition coefficient (Wildman–Crippen LogP) is 0.623. The Balaban J connectivity index is 2.12. The van der Waals surface area contributed by atoms with Gasteiger partial charge in [0.25, 0.3) is 0 Å². The first-order chi connectivity index (χ1) is 10.4. The lowest BCUT2D eigenvalue weighted by atomic mass is 9.95. The molecule has 0 aliphatic carbocycles. The van der Waals surface area contributed by atoms with Gasteiger partial charge >= 0.3 is 0 Å². The van der Waals surface area contributed by atoms with E-state index >= 15 is 0 Å². The summed E-state index contributed by atoms with van der Waals surface area (Å²) < 4.78 is 7.21. The Labute approximate surface area is 130 Å². The summed E-state index contributed by atoms with van der Waals surface area (Å²) in [4.78, 5) is 30.1. The molecule has 1 N–H and O–H groups in total. The average molecular weight is 308 g/mol. The van der Waals surface area contributed by atoms with Crippen molar-refractivity contribution in [3.63, 3.8) is 0 Å². The van der Waals surface area contributed by atoms with E-state index in [4.69, 9.17) is 4.74 Å². The predicted molar refractivity (Wildman–Crippen MR) is 81.0 cm³/mol.